The topological polar surface area (TPSA) is 98.7 Å². The molecule has 1 aliphatic carbocycles. The van der Waals surface area contributed by atoms with Gasteiger partial charge in [-0.2, -0.15) is 0 Å². The highest BCUT2D eigenvalue weighted by Crippen LogP contribution is 2.35. The lowest BCUT2D eigenvalue weighted by Gasteiger charge is -2.43. The monoisotopic (exact) mass is 285 g/mol. The summed E-state index contributed by atoms with van der Waals surface area (Å²) in [5.41, 5.74) is -0.642. The van der Waals surface area contributed by atoms with E-state index < -0.39 is 17.5 Å². The average Bonchev–Trinajstić information content (AvgIpc) is 2.43. The fraction of sp³-hybridized carbons (Fsp3) is 0.769. The lowest BCUT2D eigenvalue weighted by molar-refractivity contribution is -0.140. The van der Waals surface area contributed by atoms with Crippen LogP contribution in [0.2, 0.25) is 0 Å². The van der Waals surface area contributed by atoms with Gasteiger partial charge in [-0.15, -0.1) is 0 Å². The third-order valence-corrected chi connectivity index (χ3v) is 3.96. The van der Waals surface area contributed by atoms with E-state index >= 15 is 0 Å². The van der Waals surface area contributed by atoms with Crippen molar-refractivity contribution in [2.24, 2.45) is 0 Å². The molecule has 0 saturated heterocycles. The van der Waals surface area contributed by atoms with Crippen LogP contribution in [0.1, 0.15) is 38.5 Å². The standard InChI is InChI=1S/C13H23N3O4/c1-14-10(17)9-15-12(20)16(2)13(8-11(18)19)6-4-3-5-7-13/h3-9H2,1-2H3,(H,14,17)(H,15,20)(H,18,19). The van der Waals surface area contributed by atoms with E-state index in [-0.39, 0.29) is 18.9 Å². The number of nitrogens with zero attached hydrogens (tertiary/aromatic N) is 1. The number of amides is 3. The second-order valence-corrected chi connectivity index (χ2v) is 5.25. The van der Waals surface area contributed by atoms with Gasteiger partial charge >= 0.3 is 12.0 Å². The summed E-state index contributed by atoms with van der Waals surface area (Å²) in [6.07, 6.45) is 4.21. The largest absolute Gasteiger partial charge is 0.481 e. The zero-order valence-electron chi connectivity index (χ0n) is 12.1. The Kier molecular flexibility index (Phi) is 5.79. The summed E-state index contributed by atoms with van der Waals surface area (Å²) in [6.45, 7) is -0.108. The van der Waals surface area contributed by atoms with Crippen LogP contribution in [0.15, 0.2) is 0 Å². The summed E-state index contributed by atoms with van der Waals surface area (Å²) in [5.74, 6) is -1.19. The number of rotatable bonds is 5. The van der Waals surface area contributed by atoms with E-state index in [4.69, 9.17) is 5.11 Å². The van der Waals surface area contributed by atoms with Crippen molar-refractivity contribution in [2.45, 2.75) is 44.1 Å². The normalized spacial score (nSPS) is 17.1. The molecule has 3 amide bonds. The molecule has 20 heavy (non-hydrogen) atoms. The molecule has 3 N–H and O–H groups in total. The molecule has 7 nitrogen and oxygen atoms in total. The highest BCUT2D eigenvalue weighted by atomic mass is 16.4. The molecule has 0 radical (unpaired) electrons. The van der Waals surface area contributed by atoms with E-state index in [0.29, 0.717) is 12.8 Å². The van der Waals surface area contributed by atoms with Crippen LogP contribution in [-0.2, 0) is 9.59 Å². The van der Waals surface area contributed by atoms with Gasteiger partial charge in [0.15, 0.2) is 0 Å². The number of hydrogen-bond donors (Lipinski definition) is 3. The Balaban J connectivity index is 2.71. The van der Waals surface area contributed by atoms with Gasteiger partial charge in [0, 0.05) is 14.1 Å². The Bertz CT molecular complexity index is 378. The van der Waals surface area contributed by atoms with Crippen molar-refractivity contribution >= 4 is 17.9 Å². The van der Waals surface area contributed by atoms with E-state index in [1.54, 1.807) is 7.05 Å². The van der Waals surface area contributed by atoms with Crippen LogP contribution < -0.4 is 10.6 Å². The predicted octanol–water partition coefficient (Wildman–Crippen LogP) is 0.551. The van der Waals surface area contributed by atoms with Gasteiger partial charge in [0.05, 0.1) is 18.5 Å². The zero-order chi connectivity index (χ0) is 15.2. The Morgan fingerprint density at radius 1 is 1.20 bits per heavy atom. The van der Waals surface area contributed by atoms with Gasteiger partial charge in [0.1, 0.15) is 0 Å². The number of carboxylic acids is 1. The number of aliphatic carboxylic acids is 1. The first-order valence-electron chi connectivity index (χ1n) is 6.85. The van der Waals surface area contributed by atoms with Gasteiger partial charge in [-0.05, 0) is 12.8 Å². The van der Waals surface area contributed by atoms with Crippen molar-refractivity contribution in [3.05, 3.63) is 0 Å². The molecule has 0 spiro atoms. The lowest BCUT2D eigenvalue weighted by atomic mass is 9.78. The first-order chi connectivity index (χ1) is 9.41. The molecule has 0 aliphatic heterocycles. The Labute approximate surface area is 118 Å². The number of hydrogen-bond acceptors (Lipinski definition) is 3. The second-order valence-electron chi connectivity index (χ2n) is 5.25. The van der Waals surface area contributed by atoms with Gasteiger partial charge in [0.25, 0.3) is 0 Å². The van der Waals surface area contributed by atoms with Crippen LogP contribution in [0.3, 0.4) is 0 Å². The van der Waals surface area contributed by atoms with Crippen LogP contribution in [0.4, 0.5) is 4.79 Å². The summed E-state index contributed by atoms with van der Waals surface area (Å²) < 4.78 is 0. The third kappa shape index (κ3) is 4.11. The minimum absolute atomic E-state index is 0.0586. The van der Waals surface area contributed by atoms with Gasteiger partial charge in [-0.3, -0.25) is 9.59 Å². The molecule has 7 heteroatoms. The third-order valence-electron chi connectivity index (χ3n) is 3.96. The van der Waals surface area contributed by atoms with Crippen molar-refractivity contribution in [3.8, 4) is 0 Å². The summed E-state index contributed by atoms with van der Waals surface area (Å²) in [7, 11) is 3.10. The maximum atomic E-state index is 12.1. The van der Waals surface area contributed by atoms with Crippen LogP contribution in [0, 0.1) is 0 Å². The molecule has 1 saturated carbocycles. The van der Waals surface area contributed by atoms with Gasteiger partial charge in [0.2, 0.25) is 5.91 Å². The smallest absolute Gasteiger partial charge is 0.318 e. The van der Waals surface area contributed by atoms with Crippen LogP contribution >= 0.6 is 0 Å². The Morgan fingerprint density at radius 2 is 1.80 bits per heavy atom. The van der Waals surface area contributed by atoms with E-state index in [1.807, 2.05) is 0 Å². The summed E-state index contributed by atoms with van der Waals surface area (Å²) in [5, 5.41) is 14.0. The average molecular weight is 285 g/mol. The van der Waals surface area contributed by atoms with Crippen molar-refractivity contribution in [3.63, 3.8) is 0 Å². The van der Waals surface area contributed by atoms with E-state index in [9.17, 15) is 14.4 Å². The number of likely N-dealkylation sites (N-methyl/N-ethyl adjacent to an activating group) is 1. The number of carboxylic acid groups (broad SMARTS) is 1. The van der Waals surface area contributed by atoms with Crippen LogP contribution in [-0.4, -0.2) is 54.1 Å². The summed E-state index contributed by atoms with van der Waals surface area (Å²) in [4.78, 5) is 35.8. The summed E-state index contributed by atoms with van der Waals surface area (Å²) >= 11 is 0. The highest BCUT2D eigenvalue weighted by Gasteiger charge is 2.40. The first-order valence-corrected chi connectivity index (χ1v) is 6.85. The van der Waals surface area contributed by atoms with Crippen molar-refractivity contribution in [1.29, 1.82) is 0 Å². The molecule has 0 aromatic rings. The first kappa shape index (κ1) is 16.3. The fourth-order valence-electron chi connectivity index (χ4n) is 2.70. The van der Waals surface area contributed by atoms with Gasteiger partial charge < -0.3 is 20.6 Å². The maximum Gasteiger partial charge on any atom is 0.318 e. The molecular formula is C13H23N3O4. The van der Waals surface area contributed by atoms with E-state index in [2.05, 4.69) is 10.6 Å². The van der Waals surface area contributed by atoms with Crippen LogP contribution in [0.5, 0.6) is 0 Å². The molecule has 114 valence electrons. The summed E-state index contributed by atoms with van der Waals surface area (Å²) in [6, 6.07) is -0.406. The molecule has 0 heterocycles. The number of nitrogens with one attached hydrogen (secondary N) is 2. The SMILES string of the molecule is CNC(=O)CNC(=O)N(C)C1(CC(=O)O)CCCCC1. The number of carbonyl (C=O) groups excluding carboxylic acids is 2. The van der Waals surface area contributed by atoms with E-state index in [0.717, 1.165) is 19.3 Å². The van der Waals surface area contributed by atoms with Crippen molar-refractivity contribution < 1.29 is 19.5 Å². The Morgan fingerprint density at radius 3 is 2.30 bits per heavy atom. The predicted molar refractivity (Wildman–Crippen MR) is 73.3 cm³/mol. The van der Waals surface area contributed by atoms with Gasteiger partial charge in [-0.25, -0.2) is 4.79 Å². The molecular weight excluding hydrogens is 262 g/mol. The molecule has 1 aliphatic rings. The lowest BCUT2D eigenvalue weighted by Crippen LogP contribution is -2.55. The second kappa shape index (κ2) is 7.12. The maximum absolute atomic E-state index is 12.1. The highest BCUT2D eigenvalue weighted by molar-refractivity contribution is 5.84. The molecule has 0 aromatic heterocycles. The van der Waals surface area contributed by atoms with Crippen LogP contribution in [0.25, 0.3) is 0 Å². The minimum atomic E-state index is -0.905. The Hall–Kier alpha value is -1.79. The minimum Gasteiger partial charge on any atom is -0.481 e. The molecule has 0 unspecified atom stereocenters. The van der Waals surface area contributed by atoms with Crippen molar-refractivity contribution in [2.75, 3.05) is 20.6 Å². The number of carbonyl (C=O) groups is 3. The van der Waals surface area contributed by atoms with Crippen molar-refractivity contribution in [1.82, 2.24) is 15.5 Å². The molecule has 1 rings (SSSR count). The molecule has 0 bridgehead atoms. The van der Waals surface area contributed by atoms with E-state index in [1.165, 1.54) is 11.9 Å². The fourth-order valence-corrected chi connectivity index (χ4v) is 2.70. The molecule has 1 fully saturated rings. The zero-order valence-corrected chi connectivity index (χ0v) is 12.1. The quantitative estimate of drug-likeness (QED) is 0.687. The number of urea groups is 1. The van der Waals surface area contributed by atoms with Gasteiger partial charge in [-0.1, -0.05) is 19.3 Å². The molecule has 0 atom stereocenters. The molecule has 0 aromatic carbocycles.